The molecule has 4 nitrogen and oxygen atoms in total. The van der Waals surface area contributed by atoms with Gasteiger partial charge in [-0.1, -0.05) is 0 Å². The summed E-state index contributed by atoms with van der Waals surface area (Å²) in [4.78, 5) is 16.7. The lowest BCUT2D eigenvalue weighted by atomic mass is 11.7. The summed E-state index contributed by atoms with van der Waals surface area (Å²) < 4.78 is 12.7. The van der Waals surface area contributed by atoms with Crippen molar-refractivity contribution in [1.29, 1.82) is 0 Å². The molecule has 0 bridgehead atoms. The fraction of sp³-hybridized carbons (Fsp3) is 0. The summed E-state index contributed by atoms with van der Waals surface area (Å²) >= 11 is 0. The van der Waals surface area contributed by atoms with Crippen LogP contribution in [-0.4, -0.2) is 11.4 Å². The van der Waals surface area contributed by atoms with Crippen LogP contribution in [0.3, 0.4) is 0 Å². The van der Waals surface area contributed by atoms with Gasteiger partial charge in [0.2, 0.25) is 0 Å². The Morgan fingerprint density at radius 3 is 2.33 bits per heavy atom. The minimum Gasteiger partial charge on any atom is -0.250 e. The highest BCUT2D eigenvalue weighted by atomic mass is 31.1. The number of hydrogen-bond acceptors (Lipinski definition) is 3. The van der Waals surface area contributed by atoms with E-state index in [1.807, 2.05) is 0 Å². The number of rotatable bonds is 2. The lowest BCUT2D eigenvalue weighted by Crippen LogP contribution is -1.67. The lowest BCUT2D eigenvalue weighted by molar-refractivity contribution is -0.120. The zero-order valence-electron chi connectivity index (χ0n) is 2.70. The van der Waals surface area contributed by atoms with Crippen LogP contribution in [-0.2, 0) is 13.9 Å². The Hall–Kier alpha value is -0.470. The van der Waals surface area contributed by atoms with Crippen LogP contribution in [0, 0.1) is 0 Å². The molecule has 0 saturated heterocycles. The summed E-state index contributed by atoms with van der Waals surface area (Å²) in [5, 5.41) is 0. The average molecular weight is 109 g/mol. The average Bonchev–Trinajstić information content (AvgIpc) is 1.35. The standard InChI is InChI=1S/CHO4P/c2-1-5-6(3)4/h1H/p+1. The van der Waals surface area contributed by atoms with Gasteiger partial charge in [0.25, 0.3) is 0 Å². The molecule has 0 spiro atoms. The molecule has 0 heterocycles. The fourth-order valence-electron chi connectivity index (χ4n) is 0.0368. The Balaban J connectivity index is 3.05. The highest BCUT2D eigenvalue weighted by Gasteiger charge is 2.07. The topological polar surface area (TPSA) is 63.6 Å². The Morgan fingerprint density at radius 1 is 1.83 bits per heavy atom. The van der Waals surface area contributed by atoms with Gasteiger partial charge in [-0.2, -0.15) is 4.52 Å². The summed E-state index contributed by atoms with van der Waals surface area (Å²) in [5.41, 5.74) is 0. The van der Waals surface area contributed by atoms with Gasteiger partial charge in [-0.15, -0.1) is 4.89 Å². The van der Waals surface area contributed by atoms with Gasteiger partial charge in [-0.3, -0.25) is 4.79 Å². The monoisotopic (exact) mass is 109 g/mol. The van der Waals surface area contributed by atoms with E-state index in [0.717, 1.165) is 0 Å². The molecule has 0 aromatic heterocycles. The van der Waals surface area contributed by atoms with Crippen molar-refractivity contribution in [1.82, 2.24) is 0 Å². The third kappa shape index (κ3) is 3.53. The zero-order chi connectivity index (χ0) is 4.99. The summed E-state index contributed by atoms with van der Waals surface area (Å²) in [6.45, 7) is -0.0846. The molecular weight excluding hydrogens is 107 g/mol. The fourth-order valence-corrected chi connectivity index (χ4v) is 0.110. The molecule has 0 fully saturated rings. The molecule has 0 aromatic carbocycles. The van der Waals surface area contributed by atoms with E-state index in [2.05, 4.69) is 4.52 Å². The maximum absolute atomic E-state index is 9.29. The molecule has 6 heavy (non-hydrogen) atoms. The predicted octanol–water partition coefficient (Wildman–Crippen LogP) is -0.191. The van der Waals surface area contributed by atoms with Crippen LogP contribution in [0.2, 0.25) is 0 Å². The Bertz CT molecular complexity index is 67.9. The summed E-state index contributed by atoms with van der Waals surface area (Å²) in [6.07, 6.45) is 0. The Labute approximate surface area is 34.7 Å². The molecule has 1 N–H and O–H groups in total. The first-order valence-electron chi connectivity index (χ1n) is 1.04. The number of carbonyl (C=O) groups is 1. The summed E-state index contributed by atoms with van der Waals surface area (Å²) in [7, 11) is -2.72. The molecule has 0 aliphatic carbocycles. The van der Waals surface area contributed by atoms with E-state index in [0.29, 0.717) is 0 Å². The molecule has 0 rings (SSSR count). The molecule has 0 aromatic rings. The minimum absolute atomic E-state index is 0.0846. The van der Waals surface area contributed by atoms with Crippen LogP contribution in [0.5, 0.6) is 0 Å². The second-order valence-corrected chi connectivity index (χ2v) is 1.13. The smallest absolute Gasteiger partial charge is 0.250 e. The number of hydrogen-bond donors (Lipinski definition) is 1. The first-order valence-corrected chi connectivity index (χ1v) is 2.17. The quantitative estimate of drug-likeness (QED) is 0.394. The van der Waals surface area contributed by atoms with E-state index in [4.69, 9.17) is 9.69 Å². The molecule has 0 saturated carbocycles. The van der Waals surface area contributed by atoms with Crippen molar-refractivity contribution in [3.05, 3.63) is 0 Å². The zero-order valence-corrected chi connectivity index (χ0v) is 3.59. The normalized spacial score (nSPS) is 9.83. The molecule has 0 amide bonds. The lowest BCUT2D eigenvalue weighted by Gasteiger charge is -1.58. The van der Waals surface area contributed by atoms with Crippen molar-refractivity contribution >= 4 is 14.7 Å². The van der Waals surface area contributed by atoms with Gasteiger partial charge in [-0.05, 0) is 0 Å². The first-order chi connectivity index (χ1) is 2.77. The van der Waals surface area contributed by atoms with Crippen molar-refractivity contribution in [3.63, 3.8) is 0 Å². The third-order valence-electron chi connectivity index (χ3n) is 0.133. The van der Waals surface area contributed by atoms with Gasteiger partial charge < -0.3 is 0 Å². The maximum atomic E-state index is 9.29. The highest BCUT2D eigenvalue weighted by Crippen LogP contribution is 2.10. The van der Waals surface area contributed by atoms with E-state index in [1.165, 1.54) is 0 Å². The molecule has 0 aliphatic heterocycles. The predicted molar refractivity (Wildman–Crippen MR) is 17.0 cm³/mol. The van der Waals surface area contributed by atoms with E-state index in [-0.39, 0.29) is 6.47 Å². The molecule has 0 aliphatic rings. The Morgan fingerprint density at radius 2 is 2.33 bits per heavy atom. The van der Waals surface area contributed by atoms with Gasteiger partial charge in [0.15, 0.2) is 0 Å². The van der Waals surface area contributed by atoms with Gasteiger partial charge in [0, 0.05) is 4.57 Å². The van der Waals surface area contributed by atoms with Gasteiger partial charge in [-0.25, -0.2) is 0 Å². The minimum atomic E-state index is -2.72. The van der Waals surface area contributed by atoms with Crippen LogP contribution in [0.1, 0.15) is 0 Å². The summed E-state index contributed by atoms with van der Waals surface area (Å²) in [5.74, 6) is 0. The van der Waals surface area contributed by atoms with E-state index >= 15 is 0 Å². The third-order valence-corrected chi connectivity index (χ3v) is 0.400. The van der Waals surface area contributed by atoms with Crippen molar-refractivity contribution in [3.8, 4) is 0 Å². The van der Waals surface area contributed by atoms with Crippen LogP contribution in [0.4, 0.5) is 0 Å². The van der Waals surface area contributed by atoms with Crippen molar-refractivity contribution in [2.75, 3.05) is 0 Å². The molecular formula is CH2O4P+. The van der Waals surface area contributed by atoms with Gasteiger partial charge in [0.05, 0.1) is 0 Å². The molecule has 5 heteroatoms. The molecule has 1 unspecified atom stereocenters. The molecule has 0 radical (unpaired) electrons. The van der Waals surface area contributed by atoms with E-state index in [9.17, 15) is 4.57 Å². The van der Waals surface area contributed by atoms with Crippen LogP contribution in [0.15, 0.2) is 0 Å². The second kappa shape index (κ2) is 2.75. The SMILES string of the molecule is O=CO[P+](=O)O. The molecule has 1 atom stereocenters. The molecule has 34 valence electrons. The highest BCUT2D eigenvalue weighted by molar-refractivity contribution is 7.32. The second-order valence-electron chi connectivity index (χ2n) is 0.439. The van der Waals surface area contributed by atoms with Gasteiger partial charge in [0.1, 0.15) is 0 Å². The van der Waals surface area contributed by atoms with Crippen molar-refractivity contribution in [2.24, 2.45) is 0 Å². The Kier molecular flexibility index (Phi) is 2.54. The van der Waals surface area contributed by atoms with E-state index in [1.54, 1.807) is 0 Å². The van der Waals surface area contributed by atoms with E-state index < -0.39 is 8.25 Å². The summed E-state index contributed by atoms with van der Waals surface area (Å²) in [6, 6.07) is 0. The maximum Gasteiger partial charge on any atom is 0.750 e. The van der Waals surface area contributed by atoms with Crippen LogP contribution >= 0.6 is 8.25 Å². The van der Waals surface area contributed by atoms with Crippen molar-refractivity contribution < 1.29 is 18.8 Å². The largest absolute Gasteiger partial charge is 0.750 e. The van der Waals surface area contributed by atoms with Crippen molar-refractivity contribution in [2.45, 2.75) is 0 Å². The van der Waals surface area contributed by atoms with Gasteiger partial charge >= 0.3 is 14.7 Å². The number of carbonyl (C=O) groups excluding carboxylic acids is 1. The van der Waals surface area contributed by atoms with Crippen LogP contribution < -0.4 is 0 Å². The van der Waals surface area contributed by atoms with Crippen LogP contribution in [0.25, 0.3) is 0 Å². The first kappa shape index (κ1) is 5.53.